The van der Waals surface area contributed by atoms with Crippen LogP contribution in [0.25, 0.3) is 0 Å². The molecule has 0 rings (SSSR count). The Morgan fingerprint density at radius 3 is 2.20 bits per heavy atom. The fourth-order valence-electron chi connectivity index (χ4n) is 0.653. The number of hydrogen-bond acceptors (Lipinski definition) is 6. The fourth-order valence-corrected chi connectivity index (χ4v) is 1.01. The van der Waals surface area contributed by atoms with Crippen molar-refractivity contribution < 1.29 is 28.7 Å². The van der Waals surface area contributed by atoms with E-state index in [0.717, 1.165) is 0 Å². The van der Waals surface area contributed by atoms with Gasteiger partial charge < -0.3 is 0 Å². The Balaban J connectivity index is 3.74. The second-order valence-electron chi connectivity index (χ2n) is 3.80. The van der Waals surface area contributed by atoms with Gasteiger partial charge in [0.05, 0.1) is 0 Å². The van der Waals surface area contributed by atoms with Crippen LogP contribution in [0, 0.1) is 5.41 Å². The van der Waals surface area contributed by atoms with Crippen LogP contribution in [0.3, 0.4) is 0 Å². The maximum absolute atomic E-state index is 11.4. The molecule has 3 N–H and O–H groups in total. The van der Waals surface area contributed by atoms with Crippen LogP contribution < -0.4 is 0 Å². The molecule has 0 amide bonds. The van der Waals surface area contributed by atoms with E-state index in [1.54, 1.807) is 13.8 Å². The van der Waals surface area contributed by atoms with Gasteiger partial charge in [0, 0.05) is 0 Å². The van der Waals surface area contributed by atoms with E-state index in [0.29, 0.717) is 6.42 Å². The third kappa shape index (κ3) is 6.76. The van der Waals surface area contributed by atoms with Crippen LogP contribution in [0.5, 0.6) is 0 Å². The van der Waals surface area contributed by atoms with Crippen molar-refractivity contribution >= 4 is 14.1 Å². The zero-order chi connectivity index (χ0) is 12.1. The molecule has 7 heteroatoms. The van der Waals surface area contributed by atoms with Crippen LogP contribution in [-0.2, 0) is 14.1 Å². The molecule has 0 unspecified atom stereocenters. The summed E-state index contributed by atoms with van der Waals surface area (Å²) in [4.78, 5) is 36.8. The van der Waals surface area contributed by atoms with E-state index < -0.39 is 13.6 Å². The Morgan fingerprint density at radius 2 is 1.80 bits per heavy atom. The first kappa shape index (κ1) is 14.7. The Hall–Kier alpha value is -0.260. The second kappa shape index (κ2) is 5.72. The van der Waals surface area contributed by atoms with E-state index in [4.69, 9.17) is 19.4 Å². The molecule has 0 heterocycles. The quantitative estimate of drug-likeness (QED) is 0.354. The molecule has 0 spiro atoms. The van der Waals surface area contributed by atoms with Crippen LogP contribution in [0.1, 0.15) is 27.2 Å². The first-order valence-corrected chi connectivity index (χ1v) is 6.42. The number of rotatable bonds is 6. The van der Waals surface area contributed by atoms with Gasteiger partial charge in [-0.3, -0.25) is 0 Å². The monoisotopic (exact) mass is 242 g/mol. The predicted molar refractivity (Wildman–Crippen MR) is 56.0 cm³/mol. The Morgan fingerprint density at radius 1 is 1.27 bits per heavy atom. The van der Waals surface area contributed by atoms with Crippen molar-refractivity contribution in [3.63, 3.8) is 0 Å². The minimum atomic E-state index is -4.47. The summed E-state index contributed by atoms with van der Waals surface area (Å²) in [7, 11) is -4.47. The van der Waals surface area contributed by atoms with Gasteiger partial charge in [-0.15, -0.1) is 0 Å². The molecule has 0 saturated carbocycles. The molecule has 0 aromatic heterocycles. The van der Waals surface area contributed by atoms with Crippen LogP contribution >= 0.6 is 8.17 Å². The van der Waals surface area contributed by atoms with E-state index in [1.165, 1.54) is 0 Å². The molecule has 0 saturated heterocycles. The van der Waals surface area contributed by atoms with E-state index >= 15 is 0 Å². The summed E-state index contributed by atoms with van der Waals surface area (Å²) in [5, 5.41) is 0. The van der Waals surface area contributed by atoms with Gasteiger partial charge in [-0.05, 0) is 0 Å². The number of carbonyl (C=O) groups is 1. The number of esters is 1. The summed E-state index contributed by atoms with van der Waals surface area (Å²) in [6.45, 7) is 5.02. The van der Waals surface area contributed by atoms with Gasteiger partial charge in [0.15, 0.2) is 0 Å². The first-order valence-electron chi connectivity index (χ1n) is 4.67. The third-order valence-electron chi connectivity index (χ3n) is 2.05. The van der Waals surface area contributed by atoms with Crippen molar-refractivity contribution in [1.29, 1.82) is 0 Å². The molecule has 0 aromatic rings. The van der Waals surface area contributed by atoms with Gasteiger partial charge in [-0.1, -0.05) is 0 Å². The first-order chi connectivity index (χ1) is 6.69. The number of carbonyl (C=O) groups excluding carboxylic acids is 1. The summed E-state index contributed by atoms with van der Waals surface area (Å²) in [5.41, 5.74) is -0.563. The van der Waals surface area contributed by atoms with Crippen LogP contribution in [0.4, 0.5) is 0 Å². The summed E-state index contributed by atoms with van der Waals surface area (Å²) >= 11 is 0. The molecule has 0 aliphatic rings. The van der Waals surface area contributed by atoms with Crippen LogP contribution in [0.2, 0.25) is 0 Å². The fraction of sp³-hybridized carbons (Fsp3) is 0.875. The average Bonchev–Trinajstić information content (AvgIpc) is 2.10. The van der Waals surface area contributed by atoms with Gasteiger partial charge in [-0.2, -0.15) is 0 Å². The van der Waals surface area contributed by atoms with E-state index in [1.807, 2.05) is 6.92 Å². The van der Waals surface area contributed by atoms with Gasteiger partial charge in [-0.25, -0.2) is 0 Å². The zero-order valence-corrected chi connectivity index (χ0v) is 10.2. The molecular weight excluding hydrogens is 223 g/mol. The molecule has 0 radical (unpaired) electrons. The van der Waals surface area contributed by atoms with E-state index in [-0.39, 0.29) is 19.2 Å². The Labute approximate surface area is 89.5 Å². The van der Waals surface area contributed by atoms with Crippen molar-refractivity contribution in [3.8, 4) is 0 Å². The third-order valence-corrected chi connectivity index (χ3v) is 2.64. The molecular formula is C8H19O6P. The molecule has 0 bridgehead atoms. The predicted octanol–water partition coefficient (Wildman–Crippen LogP) is 0.369. The average molecular weight is 242 g/mol. The second-order valence-corrected chi connectivity index (χ2v) is 5.23. The molecule has 92 valence electrons. The van der Waals surface area contributed by atoms with Crippen molar-refractivity contribution in [2.75, 3.05) is 13.2 Å². The Bertz CT molecular complexity index is 210. The van der Waals surface area contributed by atoms with Gasteiger partial charge >= 0.3 is 88.7 Å². The number of ether oxygens (including phenoxy) is 1. The molecule has 6 nitrogen and oxygen atoms in total. The van der Waals surface area contributed by atoms with Crippen LogP contribution in [0.15, 0.2) is 0 Å². The molecule has 0 aliphatic carbocycles. The van der Waals surface area contributed by atoms with Crippen molar-refractivity contribution in [2.24, 2.45) is 5.41 Å². The molecule has 0 aromatic carbocycles. The van der Waals surface area contributed by atoms with Crippen molar-refractivity contribution in [3.05, 3.63) is 0 Å². The topological polar surface area (TPSA) is 96.2 Å². The van der Waals surface area contributed by atoms with Crippen molar-refractivity contribution in [2.45, 2.75) is 27.2 Å². The van der Waals surface area contributed by atoms with Gasteiger partial charge in [0.2, 0.25) is 0 Å². The van der Waals surface area contributed by atoms with Crippen LogP contribution in [-0.4, -0.2) is 33.9 Å². The normalized spacial score (nSPS) is 13.7. The molecule has 15 heavy (non-hydrogen) atoms. The Kier molecular flexibility index (Phi) is 5.62. The minimum absolute atomic E-state index is 0.112. The summed E-state index contributed by atoms with van der Waals surface area (Å²) in [6.07, 6.45) is 0.644. The molecule has 0 fully saturated rings. The summed E-state index contributed by atoms with van der Waals surface area (Å²) in [6, 6.07) is 0. The number of hydrogen-bond donors (Lipinski definition) is 3. The van der Waals surface area contributed by atoms with Crippen molar-refractivity contribution in [1.82, 2.24) is 0 Å². The molecule has 0 atom stereocenters. The maximum atomic E-state index is 11.4. The SMILES string of the molecule is CCC(C)(C)C(=O)OCCO[PH](O)(O)O. The van der Waals surface area contributed by atoms with E-state index in [2.05, 4.69) is 4.52 Å². The van der Waals surface area contributed by atoms with E-state index in [9.17, 15) is 4.79 Å². The zero-order valence-electron chi connectivity index (χ0n) is 9.19. The summed E-state index contributed by atoms with van der Waals surface area (Å²) in [5.74, 6) is -0.380. The van der Waals surface area contributed by atoms with Gasteiger partial charge in [0.25, 0.3) is 0 Å². The molecule has 0 aliphatic heterocycles. The standard InChI is InChI=1S/C8H19O6P/c1-4-8(2,3)7(9)13-5-6-14-15(10,11)12/h10-12,15H,4-6H2,1-3H3. The summed E-state index contributed by atoms with van der Waals surface area (Å²) < 4.78 is 9.07. The van der Waals surface area contributed by atoms with Gasteiger partial charge in [0.1, 0.15) is 0 Å².